The SMILES string of the molecule is CC(=O)NCCN(C(=N)N)c1ccc(C(=O)Oc2ccc3cc(C(=N)N)ccc3c2CC(N)=O)cc1.Cl.Cl. The third kappa shape index (κ3) is 7.82. The molecular formula is C25H29Cl2N7O4. The predicted octanol–water partition coefficient (Wildman–Crippen LogP) is 2.05. The molecule has 202 valence electrons. The standard InChI is InChI=1S/C25H27N7O4.2ClH/c1-14(33)31-10-11-32(25(29)30)18-6-2-15(3-7-18)24(35)36-21-9-5-16-12-17(23(27)28)4-8-19(16)20(21)13-22(26)34;;/h2-9,12H,10-11,13H2,1H3,(H2,26,34)(H3,27,28)(H3,29,30)(H,31,33);2*1H. The van der Waals surface area contributed by atoms with Crippen molar-refractivity contribution in [3.8, 4) is 5.75 Å². The molecule has 2 amide bonds. The quantitative estimate of drug-likeness (QED) is 0.0991. The largest absolute Gasteiger partial charge is 0.423 e. The van der Waals surface area contributed by atoms with Gasteiger partial charge in [-0.25, -0.2) is 4.79 Å². The molecule has 3 aromatic rings. The normalized spacial score (nSPS) is 9.92. The summed E-state index contributed by atoms with van der Waals surface area (Å²) >= 11 is 0. The Hall–Kier alpha value is -4.35. The first-order chi connectivity index (χ1) is 17.1. The van der Waals surface area contributed by atoms with Gasteiger partial charge >= 0.3 is 5.97 Å². The number of amidine groups is 1. The van der Waals surface area contributed by atoms with Gasteiger partial charge in [0.25, 0.3) is 0 Å². The van der Waals surface area contributed by atoms with Crippen LogP contribution in [0.25, 0.3) is 10.8 Å². The van der Waals surface area contributed by atoms with Gasteiger partial charge in [-0.05, 0) is 47.2 Å². The molecule has 0 saturated heterocycles. The molecule has 0 aliphatic carbocycles. The van der Waals surface area contributed by atoms with Crippen molar-refractivity contribution in [2.24, 2.45) is 17.2 Å². The van der Waals surface area contributed by atoms with Crippen LogP contribution in [0.4, 0.5) is 5.69 Å². The minimum atomic E-state index is -0.653. The number of carbonyl (C=O) groups excluding carboxylic acids is 3. The maximum absolute atomic E-state index is 12.9. The van der Waals surface area contributed by atoms with Crippen LogP contribution in [-0.4, -0.2) is 42.7 Å². The van der Waals surface area contributed by atoms with Crippen LogP contribution < -0.4 is 32.2 Å². The summed E-state index contributed by atoms with van der Waals surface area (Å²) in [5.41, 5.74) is 18.4. The van der Waals surface area contributed by atoms with Crippen LogP contribution in [0.5, 0.6) is 5.75 Å². The number of fused-ring (bicyclic) bond motifs is 1. The monoisotopic (exact) mass is 561 g/mol. The van der Waals surface area contributed by atoms with E-state index < -0.39 is 11.9 Å². The minimum Gasteiger partial charge on any atom is -0.423 e. The van der Waals surface area contributed by atoms with Crippen molar-refractivity contribution in [2.45, 2.75) is 13.3 Å². The number of benzene rings is 3. The number of guanidine groups is 1. The third-order valence-electron chi connectivity index (χ3n) is 5.37. The molecular weight excluding hydrogens is 533 g/mol. The van der Waals surface area contributed by atoms with Gasteiger partial charge in [0.15, 0.2) is 5.96 Å². The van der Waals surface area contributed by atoms with Gasteiger partial charge in [0.1, 0.15) is 11.6 Å². The van der Waals surface area contributed by atoms with Gasteiger partial charge < -0.3 is 32.2 Å². The summed E-state index contributed by atoms with van der Waals surface area (Å²) in [4.78, 5) is 37.2. The van der Waals surface area contributed by atoms with Crippen LogP contribution in [-0.2, 0) is 16.0 Å². The first-order valence-electron chi connectivity index (χ1n) is 10.9. The van der Waals surface area contributed by atoms with Gasteiger partial charge in [-0.3, -0.25) is 20.4 Å². The lowest BCUT2D eigenvalue weighted by Crippen LogP contribution is -2.41. The third-order valence-corrected chi connectivity index (χ3v) is 5.37. The lowest BCUT2D eigenvalue weighted by Gasteiger charge is -2.23. The zero-order valence-corrected chi connectivity index (χ0v) is 22.1. The highest BCUT2D eigenvalue weighted by atomic mass is 35.5. The number of hydrogen-bond acceptors (Lipinski definition) is 6. The van der Waals surface area contributed by atoms with Gasteiger partial charge in [0.05, 0.1) is 12.0 Å². The Morgan fingerprint density at radius 1 is 0.921 bits per heavy atom. The average molecular weight is 562 g/mol. The van der Waals surface area contributed by atoms with Crippen LogP contribution in [0, 0.1) is 10.8 Å². The molecule has 0 atom stereocenters. The van der Waals surface area contributed by atoms with Crippen molar-refractivity contribution in [3.05, 3.63) is 71.3 Å². The topological polar surface area (TPSA) is 201 Å². The number of anilines is 1. The van der Waals surface area contributed by atoms with Crippen molar-refractivity contribution in [2.75, 3.05) is 18.0 Å². The second-order valence-electron chi connectivity index (χ2n) is 7.99. The van der Waals surface area contributed by atoms with Gasteiger partial charge in [-0.1, -0.05) is 18.2 Å². The van der Waals surface area contributed by atoms with E-state index in [4.69, 9.17) is 32.8 Å². The van der Waals surface area contributed by atoms with Crippen LogP contribution >= 0.6 is 24.8 Å². The number of hydrogen-bond donors (Lipinski definition) is 6. The van der Waals surface area contributed by atoms with Crippen LogP contribution in [0.2, 0.25) is 0 Å². The summed E-state index contributed by atoms with van der Waals surface area (Å²) in [5.74, 6) is -1.56. The van der Waals surface area contributed by atoms with E-state index in [0.717, 1.165) is 0 Å². The molecule has 0 saturated carbocycles. The van der Waals surface area contributed by atoms with E-state index in [2.05, 4.69) is 5.32 Å². The fourth-order valence-electron chi connectivity index (χ4n) is 3.66. The van der Waals surface area contributed by atoms with Crippen molar-refractivity contribution in [1.82, 2.24) is 5.32 Å². The summed E-state index contributed by atoms with van der Waals surface area (Å²) in [5, 5.41) is 19.4. The van der Waals surface area contributed by atoms with E-state index in [1.807, 2.05) is 0 Å². The first-order valence-corrected chi connectivity index (χ1v) is 10.9. The van der Waals surface area contributed by atoms with Crippen molar-refractivity contribution in [1.29, 1.82) is 10.8 Å². The molecule has 0 aliphatic heterocycles. The minimum absolute atomic E-state index is 0. The molecule has 0 spiro atoms. The van der Waals surface area contributed by atoms with E-state index in [-0.39, 0.29) is 73.3 Å². The fourth-order valence-corrected chi connectivity index (χ4v) is 3.66. The van der Waals surface area contributed by atoms with Gasteiger partial charge in [-0.2, -0.15) is 0 Å². The summed E-state index contributed by atoms with van der Waals surface area (Å²) in [6.07, 6.45) is -0.153. The molecule has 0 radical (unpaired) electrons. The van der Waals surface area contributed by atoms with Crippen LogP contribution in [0.1, 0.15) is 28.4 Å². The molecule has 11 nitrogen and oxygen atoms in total. The second kappa shape index (κ2) is 13.8. The number of esters is 1. The summed E-state index contributed by atoms with van der Waals surface area (Å²) in [7, 11) is 0. The molecule has 0 aromatic heterocycles. The summed E-state index contributed by atoms with van der Waals surface area (Å²) < 4.78 is 5.62. The number of nitrogens with two attached hydrogens (primary N) is 3. The molecule has 0 heterocycles. The zero-order valence-electron chi connectivity index (χ0n) is 20.4. The second-order valence-corrected chi connectivity index (χ2v) is 7.99. The van der Waals surface area contributed by atoms with Crippen LogP contribution in [0.3, 0.4) is 0 Å². The molecule has 3 rings (SSSR count). The number of nitrogens with zero attached hydrogens (tertiary/aromatic N) is 1. The number of nitrogen functional groups attached to an aromatic ring is 1. The fraction of sp³-hybridized carbons (Fsp3) is 0.160. The molecule has 13 heteroatoms. The lowest BCUT2D eigenvalue weighted by atomic mass is 9.98. The smallest absolute Gasteiger partial charge is 0.343 e. The van der Waals surface area contributed by atoms with E-state index in [1.165, 1.54) is 24.0 Å². The number of primary amides is 1. The van der Waals surface area contributed by atoms with E-state index in [9.17, 15) is 14.4 Å². The number of halogens is 2. The Balaban J connectivity index is 0.00000361. The maximum Gasteiger partial charge on any atom is 0.343 e. The molecule has 9 N–H and O–H groups in total. The molecule has 0 bridgehead atoms. The Morgan fingerprint density at radius 2 is 1.55 bits per heavy atom. The summed E-state index contributed by atoms with van der Waals surface area (Å²) in [6, 6.07) is 14.6. The number of amides is 2. The highest BCUT2D eigenvalue weighted by Crippen LogP contribution is 2.30. The summed E-state index contributed by atoms with van der Waals surface area (Å²) in [6.45, 7) is 1.96. The molecule has 3 aromatic carbocycles. The Morgan fingerprint density at radius 3 is 2.11 bits per heavy atom. The Labute approximate surface area is 231 Å². The van der Waals surface area contributed by atoms with E-state index in [1.54, 1.807) is 42.5 Å². The predicted molar refractivity (Wildman–Crippen MR) is 152 cm³/mol. The molecule has 0 unspecified atom stereocenters. The van der Waals surface area contributed by atoms with Gasteiger partial charge in [0.2, 0.25) is 11.8 Å². The molecule has 38 heavy (non-hydrogen) atoms. The average Bonchev–Trinajstić information content (AvgIpc) is 2.82. The van der Waals surface area contributed by atoms with Crippen molar-refractivity contribution < 1.29 is 19.1 Å². The Bertz CT molecular complexity index is 1360. The number of rotatable bonds is 9. The van der Waals surface area contributed by atoms with Crippen LogP contribution in [0.15, 0.2) is 54.6 Å². The van der Waals surface area contributed by atoms with Crippen molar-refractivity contribution >= 4 is 70.9 Å². The maximum atomic E-state index is 12.9. The number of ether oxygens (including phenoxy) is 1. The van der Waals surface area contributed by atoms with Gasteiger partial charge in [-0.15, -0.1) is 24.8 Å². The van der Waals surface area contributed by atoms with E-state index >= 15 is 0 Å². The van der Waals surface area contributed by atoms with E-state index in [0.29, 0.717) is 27.6 Å². The molecule has 0 aliphatic rings. The highest BCUT2D eigenvalue weighted by Gasteiger charge is 2.17. The zero-order chi connectivity index (χ0) is 26.4. The lowest BCUT2D eigenvalue weighted by molar-refractivity contribution is -0.119. The highest BCUT2D eigenvalue weighted by molar-refractivity contribution is 6.01. The number of carbonyl (C=O) groups is 3. The molecule has 0 fully saturated rings. The first kappa shape index (κ1) is 31.7. The number of nitrogens with one attached hydrogen (secondary N) is 3. The van der Waals surface area contributed by atoms with Crippen molar-refractivity contribution in [3.63, 3.8) is 0 Å². The van der Waals surface area contributed by atoms with Gasteiger partial charge in [0, 0.05) is 36.8 Å². The Kier molecular flexibility index (Phi) is 11.5.